The molecule has 0 aromatic heterocycles. The number of ether oxygens (including phenoxy) is 1. The molecule has 2 rings (SSSR count). The molecule has 1 amide bonds. The van der Waals surface area contributed by atoms with Crippen molar-refractivity contribution < 1.29 is 19.4 Å². The zero-order chi connectivity index (χ0) is 16.8. The Labute approximate surface area is 137 Å². The summed E-state index contributed by atoms with van der Waals surface area (Å²) >= 11 is 0. The number of carboxylic acid groups (broad SMARTS) is 1. The molecule has 23 heavy (non-hydrogen) atoms. The third-order valence-corrected chi connectivity index (χ3v) is 4.25. The summed E-state index contributed by atoms with van der Waals surface area (Å²) in [5.41, 5.74) is 2.60. The minimum Gasteiger partial charge on any atom is -0.479 e. The lowest BCUT2D eigenvalue weighted by atomic mass is 9.94. The highest BCUT2D eigenvalue weighted by Crippen LogP contribution is 2.21. The number of nitrogens with one attached hydrogen (secondary N) is 1. The van der Waals surface area contributed by atoms with Crippen molar-refractivity contribution in [3.8, 4) is 0 Å². The Bertz CT molecular complexity index is 544. The summed E-state index contributed by atoms with van der Waals surface area (Å²) in [6.45, 7) is 5.35. The molecule has 5 nitrogen and oxygen atoms in total. The molecule has 2 N–H and O–H groups in total. The maximum Gasteiger partial charge on any atom is 0.330 e. The van der Waals surface area contributed by atoms with Crippen molar-refractivity contribution >= 4 is 11.9 Å². The predicted molar refractivity (Wildman–Crippen MR) is 87.2 cm³/mol. The molecule has 1 aromatic rings. The first-order valence-corrected chi connectivity index (χ1v) is 8.14. The van der Waals surface area contributed by atoms with Crippen LogP contribution in [0, 0.1) is 19.8 Å². The number of hydrogen-bond acceptors (Lipinski definition) is 3. The Kier molecular flexibility index (Phi) is 6.16. The van der Waals surface area contributed by atoms with Crippen LogP contribution in [0.25, 0.3) is 0 Å². The quantitative estimate of drug-likeness (QED) is 0.845. The molecular weight excluding hydrogens is 294 g/mol. The van der Waals surface area contributed by atoms with Crippen molar-refractivity contribution in [3.63, 3.8) is 0 Å². The zero-order valence-electron chi connectivity index (χ0n) is 13.8. The molecule has 0 bridgehead atoms. The second-order valence-corrected chi connectivity index (χ2v) is 6.35. The van der Waals surface area contributed by atoms with Gasteiger partial charge in [0.25, 0.3) is 0 Å². The van der Waals surface area contributed by atoms with Crippen LogP contribution in [0.1, 0.15) is 48.4 Å². The second kappa shape index (κ2) is 8.11. The molecule has 0 spiro atoms. The number of carboxylic acids is 1. The van der Waals surface area contributed by atoms with Crippen LogP contribution in [-0.4, -0.2) is 30.2 Å². The first kappa shape index (κ1) is 17.5. The molecule has 1 fully saturated rings. The van der Waals surface area contributed by atoms with Gasteiger partial charge in [0.15, 0.2) is 6.04 Å². The summed E-state index contributed by atoms with van der Waals surface area (Å²) in [5, 5.41) is 12.1. The number of amides is 1. The van der Waals surface area contributed by atoms with Gasteiger partial charge in [-0.25, -0.2) is 4.79 Å². The molecule has 1 heterocycles. The van der Waals surface area contributed by atoms with Crippen molar-refractivity contribution in [1.82, 2.24) is 5.32 Å². The van der Waals surface area contributed by atoms with Gasteiger partial charge >= 0.3 is 5.97 Å². The van der Waals surface area contributed by atoms with Gasteiger partial charge < -0.3 is 15.2 Å². The van der Waals surface area contributed by atoms with Crippen LogP contribution in [-0.2, 0) is 14.3 Å². The van der Waals surface area contributed by atoms with E-state index < -0.39 is 12.0 Å². The van der Waals surface area contributed by atoms with Gasteiger partial charge in [-0.1, -0.05) is 29.3 Å². The fourth-order valence-electron chi connectivity index (χ4n) is 3.07. The maximum atomic E-state index is 12.1. The lowest BCUT2D eigenvalue weighted by Gasteiger charge is -2.22. The van der Waals surface area contributed by atoms with Gasteiger partial charge in [0, 0.05) is 19.6 Å². The van der Waals surface area contributed by atoms with Crippen molar-refractivity contribution in [2.45, 2.75) is 45.6 Å². The summed E-state index contributed by atoms with van der Waals surface area (Å²) in [6.07, 6.45) is 3.10. The molecular formula is C18H25NO4. The summed E-state index contributed by atoms with van der Waals surface area (Å²) < 4.78 is 5.30. The van der Waals surface area contributed by atoms with E-state index in [0.29, 0.717) is 17.9 Å². The molecule has 1 aliphatic rings. The fourth-order valence-corrected chi connectivity index (χ4v) is 3.07. The highest BCUT2D eigenvalue weighted by molar-refractivity contribution is 5.84. The van der Waals surface area contributed by atoms with Gasteiger partial charge in [0.2, 0.25) is 5.91 Å². The number of benzene rings is 1. The zero-order valence-corrected chi connectivity index (χ0v) is 13.8. The van der Waals surface area contributed by atoms with E-state index in [1.165, 1.54) is 0 Å². The predicted octanol–water partition coefficient (Wildman–Crippen LogP) is 2.75. The van der Waals surface area contributed by atoms with Crippen LogP contribution >= 0.6 is 0 Å². The summed E-state index contributed by atoms with van der Waals surface area (Å²) in [5.74, 6) is -0.739. The van der Waals surface area contributed by atoms with Gasteiger partial charge in [-0.15, -0.1) is 0 Å². The SMILES string of the molecule is Cc1cc(C)cc(C(NC(=O)CCC2CCOCC2)C(=O)O)c1. The van der Waals surface area contributed by atoms with Gasteiger partial charge in [0.05, 0.1) is 0 Å². The third kappa shape index (κ3) is 5.36. The maximum absolute atomic E-state index is 12.1. The first-order chi connectivity index (χ1) is 11.0. The molecule has 126 valence electrons. The molecule has 5 heteroatoms. The normalized spacial score (nSPS) is 16.8. The largest absolute Gasteiger partial charge is 0.479 e. The Morgan fingerprint density at radius 3 is 2.39 bits per heavy atom. The van der Waals surface area contributed by atoms with Gasteiger partial charge in [-0.2, -0.15) is 0 Å². The number of aliphatic carboxylic acids is 1. The van der Waals surface area contributed by atoms with Crippen LogP contribution in [0.2, 0.25) is 0 Å². The standard InChI is InChI=1S/C18H25NO4/c1-12-9-13(2)11-15(10-12)17(18(21)22)19-16(20)4-3-14-5-7-23-8-6-14/h9-11,14,17H,3-8H2,1-2H3,(H,19,20)(H,21,22). The molecule has 1 aromatic carbocycles. The molecule has 0 saturated carbocycles. The average molecular weight is 319 g/mol. The van der Waals surface area contributed by atoms with Crippen molar-refractivity contribution in [1.29, 1.82) is 0 Å². The van der Waals surface area contributed by atoms with Crippen molar-refractivity contribution in [2.24, 2.45) is 5.92 Å². The molecule has 1 unspecified atom stereocenters. The highest BCUT2D eigenvalue weighted by atomic mass is 16.5. The van der Waals surface area contributed by atoms with E-state index in [9.17, 15) is 14.7 Å². The van der Waals surface area contributed by atoms with Crippen LogP contribution in [0.5, 0.6) is 0 Å². The molecule has 0 radical (unpaired) electrons. The van der Waals surface area contributed by atoms with Crippen LogP contribution < -0.4 is 5.32 Å². The number of carbonyl (C=O) groups excluding carboxylic acids is 1. The van der Waals surface area contributed by atoms with Crippen LogP contribution in [0.4, 0.5) is 0 Å². The third-order valence-electron chi connectivity index (χ3n) is 4.25. The number of carbonyl (C=O) groups is 2. The molecule has 1 aliphatic heterocycles. The minimum atomic E-state index is -1.03. The van der Waals surface area contributed by atoms with E-state index in [4.69, 9.17) is 4.74 Å². The van der Waals surface area contributed by atoms with Gasteiger partial charge in [-0.3, -0.25) is 4.79 Å². The highest BCUT2D eigenvalue weighted by Gasteiger charge is 2.23. The van der Waals surface area contributed by atoms with E-state index in [0.717, 1.165) is 43.6 Å². The number of hydrogen-bond donors (Lipinski definition) is 2. The lowest BCUT2D eigenvalue weighted by Crippen LogP contribution is -2.34. The van der Waals surface area contributed by atoms with E-state index in [1.807, 2.05) is 32.0 Å². The Hall–Kier alpha value is -1.88. The van der Waals surface area contributed by atoms with E-state index >= 15 is 0 Å². The van der Waals surface area contributed by atoms with Gasteiger partial charge in [0.1, 0.15) is 0 Å². The van der Waals surface area contributed by atoms with E-state index in [-0.39, 0.29) is 5.91 Å². The van der Waals surface area contributed by atoms with Crippen molar-refractivity contribution in [2.75, 3.05) is 13.2 Å². The smallest absolute Gasteiger partial charge is 0.330 e. The lowest BCUT2D eigenvalue weighted by molar-refractivity contribution is -0.142. The van der Waals surface area contributed by atoms with Crippen molar-refractivity contribution in [3.05, 3.63) is 34.9 Å². The monoisotopic (exact) mass is 319 g/mol. The Balaban J connectivity index is 1.95. The topological polar surface area (TPSA) is 75.6 Å². The minimum absolute atomic E-state index is 0.206. The van der Waals surface area contributed by atoms with Crippen LogP contribution in [0.3, 0.4) is 0 Å². The van der Waals surface area contributed by atoms with Crippen LogP contribution in [0.15, 0.2) is 18.2 Å². The Morgan fingerprint density at radius 2 is 1.83 bits per heavy atom. The van der Waals surface area contributed by atoms with Gasteiger partial charge in [-0.05, 0) is 44.6 Å². The molecule has 0 aliphatic carbocycles. The second-order valence-electron chi connectivity index (χ2n) is 6.35. The number of aryl methyl sites for hydroxylation is 2. The number of rotatable bonds is 6. The summed E-state index contributed by atoms with van der Waals surface area (Å²) in [4.78, 5) is 23.7. The molecule has 1 saturated heterocycles. The first-order valence-electron chi connectivity index (χ1n) is 8.14. The van der Waals surface area contributed by atoms with E-state index in [2.05, 4.69) is 5.32 Å². The Morgan fingerprint density at radius 1 is 1.22 bits per heavy atom. The fraction of sp³-hybridized carbons (Fsp3) is 0.556. The summed E-state index contributed by atoms with van der Waals surface area (Å²) in [7, 11) is 0. The average Bonchev–Trinajstić information content (AvgIpc) is 2.50. The summed E-state index contributed by atoms with van der Waals surface area (Å²) in [6, 6.07) is 4.61. The van der Waals surface area contributed by atoms with E-state index in [1.54, 1.807) is 0 Å². The molecule has 1 atom stereocenters.